The summed E-state index contributed by atoms with van der Waals surface area (Å²) in [6.45, 7) is 5.92. The van der Waals surface area contributed by atoms with E-state index in [1.807, 2.05) is 6.07 Å². The van der Waals surface area contributed by atoms with Gasteiger partial charge in [-0.2, -0.15) is 0 Å². The smallest absolute Gasteiger partial charge is 0.408 e. The Bertz CT molecular complexity index is 803. The molecular formula is C22H31N3O7. The Hall–Kier alpha value is -3.43. The van der Waals surface area contributed by atoms with Crippen LogP contribution in [0.5, 0.6) is 0 Å². The van der Waals surface area contributed by atoms with Crippen molar-refractivity contribution < 1.29 is 33.4 Å². The number of alkyl carbamates (subject to hydrolysis) is 1. The molecule has 0 bridgehead atoms. The topological polar surface area (TPSA) is 140 Å². The van der Waals surface area contributed by atoms with Crippen molar-refractivity contribution in [3.8, 4) is 0 Å². The summed E-state index contributed by atoms with van der Waals surface area (Å²) < 4.78 is 10.3. The monoisotopic (exact) mass is 449 g/mol. The maximum Gasteiger partial charge on any atom is 0.408 e. The number of hydrogen-bond acceptors (Lipinski definition) is 7. The number of ketones is 1. The van der Waals surface area contributed by atoms with Gasteiger partial charge in [0.15, 0.2) is 0 Å². The number of esters is 1. The molecule has 0 saturated carbocycles. The second-order valence-corrected chi connectivity index (χ2v) is 8.08. The molecule has 1 aromatic rings. The Kier molecular flexibility index (Phi) is 10.9. The summed E-state index contributed by atoms with van der Waals surface area (Å²) in [5, 5.41) is 7.13. The van der Waals surface area contributed by atoms with Crippen molar-refractivity contribution in [3.63, 3.8) is 0 Å². The van der Waals surface area contributed by atoms with Crippen LogP contribution in [-0.2, 0) is 35.3 Å². The SMILES string of the molecule is CC(=O)CNC(=O)CNC(=O)C(CCC(=O)OC(C)(C)C)NC(=O)OCc1ccccc1. The minimum absolute atomic E-state index is 0.000526. The predicted molar refractivity (Wildman–Crippen MR) is 115 cm³/mol. The minimum Gasteiger partial charge on any atom is -0.460 e. The fourth-order valence-electron chi connectivity index (χ4n) is 2.41. The number of rotatable bonds is 11. The average Bonchev–Trinajstić information content (AvgIpc) is 2.71. The van der Waals surface area contributed by atoms with Crippen molar-refractivity contribution in [1.29, 1.82) is 0 Å². The molecule has 1 unspecified atom stereocenters. The molecule has 0 aliphatic carbocycles. The third-order valence-corrected chi connectivity index (χ3v) is 3.84. The first-order valence-corrected chi connectivity index (χ1v) is 10.2. The van der Waals surface area contributed by atoms with Gasteiger partial charge in [0.2, 0.25) is 11.8 Å². The van der Waals surface area contributed by atoms with Crippen LogP contribution in [0.1, 0.15) is 46.1 Å². The van der Waals surface area contributed by atoms with Gasteiger partial charge >= 0.3 is 12.1 Å². The molecule has 3 amide bonds. The summed E-state index contributed by atoms with van der Waals surface area (Å²) in [7, 11) is 0. The van der Waals surface area contributed by atoms with Gasteiger partial charge in [-0.25, -0.2) is 4.79 Å². The molecule has 10 heteroatoms. The first-order valence-electron chi connectivity index (χ1n) is 10.2. The number of ether oxygens (including phenoxy) is 2. The van der Waals surface area contributed by atoms with E-state index >= 15 is 0 Å². The van der Waals surface area contributed by atoms with Crippen molar-refractivity contribution in [2.24, 2.45) is 0 Å². The Morgan fingerprint density at radius 2 is 1.62 bits per heavy atom. The Morgan fingerprint density at radius 3 is 2.22 bits per heavy atom. The van der Waals surface area contributed by atoms with Gasteiger partial charge < -0.3 is 25.4 Å². The molecule has 3 N–H and O–H groups in total. The van der Waals surface area contributed by atoms with Crippen LogP contribution in [0.2, 0.25) is 0 Å². The summed E-state index contributed by atoms with van der Waals surface area (Å²) in [4.78, 5) is 59.3. The third kappa shape index (κ3) is 12.3. The maximum absolute atomic E-state index is 12.5. The molecule has 0 heterocycles. The van der Waals surface area contributed by atoms with Crippen molar-refractivity contribution >= 4 is 29.7 Å². The van der Waals surface area contributed by atoms with Gasteiger partial charge in [-0.15, -0.1) is 0 Å². The van der Waals surface area contributed by atoms with Crippen LogP contribution in [0, 0.1) is 0 Å². The van der Waals surface area contributed by atoms with Gasteiger partial charge in [0, 0.05) is 6.42 Å². The zero-order chi connectivity index (χ0) is 24.1. The number of carbonyl (C=O) groups excluding carboxylic acids is 5. The number of amides is 3. The second-order valence-electron chi connectivity index (χ2n) is 8.08. The van der Waals surface area contributed by atoms with E-state index in [0.717, 1.165) is 5.56 Å². The van der Waals surface area contributed by atoms with Crippen LogP contribution >= 0.6 is 0 Å². The average molecular weight is 450 g/mol. The molecule has 1 rings (SSSR count). The van der Waals surface area contributed by atoms with E-state index in [-0.39, 0.29) is 31.8 Å². The van der Waals surface area contributed by atoms with Gasteiger partial charge in [-0.3, -0.25) is 19.2 Å². The summed E-state index contributed by atoms with van der Waals surface area (Å²) >= 11 is 0. The molecule has 0 radical (unpaired) electrons. The van der Waals surface area contributed by atoms with Crippen LogP contribution in [-0.4, -0.2) is 54.4 Å². The van der Waals surface area contributed by atoms with E-state index < -0.39 is 42.1 Å². The summed E-state index contributed by atoms with van der Waals surface area (Å²) in [6, 6.07) is 7.84. The number of benzene rings is 1. The van der Waals surface area contributed by atoms with Crippen LogP contribution in [0.25, 0.3) is 0 Å². The van der Waals surface area contributed by atoms with Crippen molar-refractivity contribution in [1.82, 2.24) is 16.0 Å². The van der Waals surface area contributed by atoms with E-state index in [2.05, 4.69) is 16.0 Å². The Labute approximate surface area is 187 Å². The molecule has 32 heavy (non-hydrogen) atoms. The number of Topliss-reactive ketones (excluding diaryl/α,β-unsaturated/α-hetero) is 1. The summed E-state index contributed by atoms with van der Waals surface area (Å²) in [5.41, 5.74) is 0.0747. The minimum atomic E-state index is -1.13. The number of carbonyl (C=O) groups is 5. The number of nitrogens with one attached hydrogen (secondary N) is 3. The quantitative estimate of drug-likeness (QED) is 0.432. The third-order valence-electron chi connectivity index (χ3n) is 3.84. The van der Waals surface area contributed by atoms with E-state index in [0.29, 0.717) is 0 Å². The van der Waals surface area contributed by atoms with Gasteiger partial charge in [0.1, 0.15) is 24.0 Å². The zero-order valence-electron chi connectivity index (χ0n) is 18.9. The highest BCUT2D eigenvalue weighted by atomic mass is 16.6. The van der Waals surface area contributed by atoms with Crippen LogP contribution < -0.4 is 16.0 Å². The van der Waals surface area contributed by atoms with Crippen LogP contribution in [0.15, 0.2) is 30.3 Å². The zero-order valence-corrected chi connectivity index (χ0v) is 18.9. The van der Waals surface area contributed by atoms with Crippen molar-refractivity contribution in [3.05, 3.63) is 35.9 Å². The number of hydrogen-bond donors (Lipinski definition) is 3. The van der Waals surface area contributed by atoms with E-state index in [1.54, 1.807) is 45.0 Å². The lowest BCUT2D eigenvalue weighted by molar-refractivity contribution is -0.155. The molecule has 1 atom stereocenters. The molecule has 0 saturated heterocycles. The highest BCUT2D eigenvalue weighted by Crippen LogP contribution is 2.10. The fourth-order valence-corrected chi connectivity index (χ4v) is 2.41. The van der Waals surface area contributed by atoms with Gasteiger partial charge in [0.25, 0.3) is 0 Å². The highest BCUT2D eigenvalue weighted by Gasteiger charge is 2.25. The molecule has 176 valence electrons. The standard InChI is InChI=1S/C22H31N3O7/c1-15(26)12-23-18(27)13-24-20(29)17(10-11-19(28)32-22(2,3)4)25-21(30)31-14-16-8-6-5-7-9-16/h5-9,17H,10-14H2,1-4H3,(H,23,27)(H,24,29)(H,25,30). The fraction of sp³-hybridized carbons (Fsp3) is 0.500. The van der Waals surface area contributed by atoms with Crippen LogP contribution in [0.3, 0.4) is 0 Å². The summed E-state index contributed by atoms with van der Waals surface area (Å²) in [6.07, 6.45) is -1.04. The lowest BCUT2D eigenvalue weighted by Crippen LogP contribution is -2.49. The molecule has 0 aliphatic heterocycles. The summed E-state index contributed by atoms with van der Waals surface area (Å²) in [5.74, 6) is -2.01. The molecule has 0 fully saturated rings. The second kappa shape index (κ2) is 13.1. The van der Waals surface area contributed by atoms with Gasteiger partial charge in [-0.1, -0.05) is 30.3 Å². The van der Waals surface area contributed by atoms with Crippen molar-refractivity contribution in [2.75, 3.05) is 13.1 Å². The van der Waals surface area contributed by atoms with Gasteiger partial charge in [-0.05, 0) is 39.7 Å². The van der Waals surface area contributed by atoms with Crippen molar-refractivity contribution in [2.45, 2.75) is 58.8 Å². The maximum atomic E-state index is 12.5. The molecule has 10 nitrogen and oxygen atoms in total. The Morgan fingerprint density at radius 1 is 0.969 bits per heavy atom. The van der Waals surface area contributed by atoms with E-state index in [9.17, 15) is 24.0 Å². The molecule has 0 aliphatic rings. The van der Waals surface area contributed by atoms with E-state index in [4.69, 9.17) is 9.47 Å². The highest BCUT2D eigenvalue weighted by molar-refractivity contribution is 5.91. The molecule has 1 aromatic carbocycles. The molecule has 0 aromatic heterocycles. The van der Waals surface area contributed by atoms with E-state index in [1.165, 1.54) is 6.92 Å². The van der Waals surface area contributed by atoms with Crippen LogP contribution in [0.4, 0.5) is 4.79 Å². The Balaban J connectivity index is 2.66. The first kappa shape index (κ1) is 26.6. The largest absolute Gasteiger partial charge is 0.460 e. The lowest BCUT2D eigenvalue weighted by atomic mass is 10.1. The first-order chi connectivity index (χ1) is 15.0. The predicted octanol–water partition coefficient (Wildman–Crippen LogP) is 1.22. The molecular weight excluding hydrogens is 418 g/mol. The molecule has 0 spiro atoms. The normalized spacial score (nSPS) is 11.6. The lowest BCUT2D eigenvalue weighted by Gasteiger charge is -2.21. The van der Waals surface area contributed by atoms with Gasteiger partial charge in [0.05, 0.1) is 13.1 Å².